The summed E-state index contributed by atoms with van der Waals surface area (Å²) in [6.45, 7) is 1.64. The number of halogens is 1. The molecule has 1 atom stereocenters. The number of nitrogens with one attached hydrogen (secondary N) is 1. The highest BCUT2D eigenvalue weighted by Crippen LogP contribution is 2.26. The number of hydrogen-bond donors (Lipinski definition) is 3. The largest absolute Gasteiger partial charge is 0.341 e. The molecule has 150 valence electrons. The molecule has 0 saturated carbocycles. The highest BCUT2D eigenvalue weighted by molar-refractivity contribution is 5.91. The number of aromatic nitrogens is 1. The van der Waals surface area contributed by atoms with Gasteiger partial charge in [-0.3, -0.25) is 4.79 Å². The molecule has 0 fully saturated rings. The summed E-state index contributed by atoms with van der Waals surface area (Å²) in [6, 6.07) is 14.5. The molecule has 0 aliphatic carbocycles. The second-order valence-electron chi connectivity index (χ2n) is 6.78. The summed E-state index contributed by atoms with van der Waals surface area (Å²) in [4.78, 5) is 10.9. The van der Waals surface area contributed by atoms with Crippen LogP contribution in [0.5, 0.6) is 0 Å². The van der Waals surface area contributed by atoms with Crippen LogP contribution in [0.3, 0.4) is 0 Å². The van der Waals surface area contributed by atoms with Crippen molar-refractivity contribution >= 4 is 17.2 Å². The van der Waals surface area contributed by atoms with Crippen LogP contribution >= 0.6 is 0 Å². The van der Waals surface area contributed by atoms with Gasteiger partial charge in [0.1, 0.15) is 5.82 Å². The molecule has 1 aromatic heterocycles. The second kappa shape index (κ2) is 10.7. The monoisotopic (exact) mass is 384 g/mol. The molecular formula is C22H29FN4O. The van der Waals surface area contributed by atoms with Crippen LogP contribution in [0.4, 0.5) is 4.39 Å². The van der Waals surface area contributed by atoms with E-state index in [1.165, 1.54) is 12.1 Å². The molecule has 1 heterocycles. The zero-order chi connectivity index (χ0) is 20.5. The summed E-state index contributed by atoms with van der Waals surface area (Å²) in [5.74, 6) is -0.244. The van der Waals surface area contributed by atoms with Crippen LogP contribution in [-0.2, 0) is 7.05 Å². The average molecular weight is 384 g/mol. The number of nitrogens with two attached hydrogens (primary N) is 2. The highest BCUT2D eigenvalue weighted by atomic mass is 19.1. The first-order valence-electron chi connectivity index (χ1n) is 9.41. The van der Waals surface area contributed by atoms with Crippen molar-refractivity contribution in [3.05, 3.63) is 60.0 Å². The van der Waals surface area contributed by atoms with Crippen molar-refractivity contribution in [2.24, 2.45) is 18.5 Å². The van der Waals surface area contributed by atoms with E-state index in [-0.39, 0.29) is 11.9 Å². The van der Waals surface area contributed by atoms with E-state index in [0.717, 1.165) is 54.2 Å². The molecule has 0 aliphatic rings. The van der Waals surface area contributed by atoms with Gasteiger partial charge in [0.05, 0.1) is 5.69 Å². The Balaban J connectivity index is 0.000000266. The summed E-state index contributed by atoms with van der Waals surface area (Å²) in [5, 5.41) is 4.03. The van der Waals surface area contributed by atoms with E-state index in [9.17, 15) is 9.18 Å². The van der Waals surface area contributed by atoms with Gasteiger partial charge >= 0.3 is 0 Å². The van der Waals surface area contributed by atoms with Crippen molar-refractivity contribution in [3.63, 3.8) is 0 Å². The fourth-order valence-corrected chi connectivity index (χ4v) is 3.03. The highest BCUT2D eigenvalue weighted by Gasteiger charge is 2.06. The fraction of sp³-hybridized carbons (Fsp3) is 0.318. The number of likely N-dealkylation sites (N-methyl/N-ethyl adjacent to an activating group) is 1. The quantitative estimate of drug-likeness (QED) is 0.547. The van der Waals surface area contributed by atoms with Gasteiger partial charge in [0.15, 0.2) is 6.29 Å². The predicted octanol–water partition coefficient (Wildman–Crippen LogP) is 3.07. The third kappa shape index (κ3) is 5.73. The van der Waals surface area contributed by atoms with Gasteiger partial charge in [-0.2, -0.15) is 0 Å². The van der Waals surface area contributed by atoms with Crippen molar-refractivity contribution in [1.82, 2.24) is 9.88 Å². The van der Waals surface area contributed by atoms with E-state index in [0.29, 0.717) is 5.69 Å². The molecule has 2 aromatic carbocycles. The Labute approximate surface area is 165 Å². The minimum absolute atomic E-state index is 0.244. The van der Waals surface area contributed by atoms with Gasteiger partial charge in [0.25, 0.3) is 0 Å². The smallest absolute Gasteiger partial charge is 0.166 e. The van der Waals surface area contributed by atoms with Crippen molar-refractivity contribution in [3.8, 4) is 11.1 Å². The molecule has 0 aliphatic heterocycles. The lowest BCUT2D eigenvalue weighted by molar-refractivity contribution is 0.111. The molecule has 0 radical (unpaired) electrons. The van der Waals surface area contributed by atoms with Crippen LogP contribution < -0.4 is 16.8 Å². The minimum Gasteiger partial charge on any atom is -0.341 e. The molecule has 5 nitrogen and oxygen atoms in total. The number of aryl methyl sites for hydroxylation is 1. The minimum atomic E-state index is -0.244. The number of fused-ring (bicyclic) bond motifs is 1. The van der Waals surface area contributed by atoms with Crippen LogP contribution in [-0.4, -0.2) is 37.0 Å². The number of benzene rings is 2. The topological polar surface area (TPSA) is 86.1 Å². The zero-order valence-corrected chi connectivity index (χ0v) is 16.5. The Morgan fingerprint density at radius 3 is 2.43 bits per heavy atom. The third-order valence-corrected chi connectivity index (χ3v) is 4.63. The van der Waals surface area contributed by atoms with Crippen molar-refractivity contribution in [2.45, 2.75) is 18.9 Å². The molecule has 3 rings (SSSR count). The first-order chi connectivity index (χ1) is 13.5. The normalized spacial score (nSPS) is 11.8. The molecule has 0 saturated heterocycles. The molecule has 0 bridgehead atoms. The first-order valence-corrected chi connectivity index (χ1v) is 9.41. The number of aldehydes is 1. The number of nitrogens with zero attached hydrogens (tertiary/aromatic N) is 1. The molecule has 3 aromatic rings. The Morgan fingerprint density at radius 1 is 1.14 bits per heavy atom. The van der Waals surface area contributed by atoms with Gasteiger partial charge in [0, 0.05) is 30.5 Å². The first kappa shape index (κ1) is 21.8. The van der Waals surface area contributed by atoms with E-state index in [2.05, 4.69) is 5.32 Å². The van der Waals surface area contributed by atoms with Crippen molar-refractivity contribution in [2.75, 3.05) is 20.1 Å². The maximum absolute atomic E-state index is 12.9. The molecular weight excluding hydrogens is 355 g/mol. The van der Waals surface area contributed by atoms with Crippen molar-refractivity contribution in [1.29, 1.82) is 0 Å². The van der Waals surface area contributed by atoms with Crippen LogP contribution in [0.2, 0.25) is 0 Å². The lowest BCUT2D eigenvalue weighted by Crippen LogP contribution is -2.32. The lowest BCUT2D eigenvalue weighted by Gasteiger charge is -2.08. The standard InChI is InChI=1S/C16H12FNO.C6H17N3/c1-18-15(10-19)8-13-3-2-12(9-16(13)18)11-4-6-14(17)7-5-11;1-9-5-6(8)3-2-4-7/h2-10H,1H3;6,9H,2-5,7-8H2,1H3. The molecule has 6 heteroatoms. The summed E-state index contributed by atoms with van der Waals surface area (Å²) in [6.07, 6.45) is 2.90. The van der Waals surface area contributed by atoms with Crippen LogP contribution in [0.1, 0.15) is 23.3 Å². The Bertz CT molecular complexity index is 889. The molecule has 28 heavy (non-hydrogen) atoms. The maximum atomic E-state index is 12.9. The molecule has 5 N–H and O–H groups in total. The number of carbonyl (C=O) groups is 1. The zero-order valence-electron chi connectivity index (χ0n) is 16.5. The fourth-order valence-electron chi connectivity index (χ4n) is 3.03. The van der Waals surface area contributed by atoms with Gasteiger partial charge < -0.3 is 21.4 Å². The predicted molar refractivity (Wildman–Crippen MR) is 114 cm³/mol. The Hall–Kier alpha value is -2.54. The third-order valence-electron chi connectivity index (χ3n) is 4.63. The summed E-state index contributed by atoms with van der Waals surface area (Å²) in [7, 11) is 3.77. The van der Waals surface area contributed by atoms with E-state index in [1.807, 2.05) is 42.9 Å². The van der Waals surface area contributed by atoms with E-state index < -0.39 is 0 Å². The Morgan fingerprint density at radius 2 is 1.82 bits per heavy atom. The number of rotatable bonds is 7. The summed E-state index contributed by atoms with van der Waals surface area (Å²) >= 11 is 0. The molecule has 1 unspecified atom stereocenters. The van der Waals surface area contributed by atoms with Gasteiger partial charge in [0.2, 0.25) is 0 Å². The van der Waals surface area contributed by atoms with Crippen LogP contribution in [0.15, 0.2) is 48.5 Å². The maximum Gasteiger partial charge on any atom is 0.166 e. The van der Waals surface area contributed by atoms with Crippen LogP contribution in [0, 0.1) is 5.82 Å². The second-order valence-corrected chi connectivity index (χ2v) is 6.78. The molecule has 0 amide bonds. The number of hydrogen-bond acceptors (Lipinski definition) is 4. The van der Waals surface area contributed by atoms with Crippen molar-refractivity contribution < 1.29 is 9.18 Å². The summed E-state index contributed by atoms with van der Waals surface area (Å²) < 4.78 is 14.8. The van der Waals surface area contributed by atoms with E-state index >= 15 is 0 Å². The van der Waals surface area contributed by atoms with E-state index in [4.69, 9.17) is 11.5 Å². The van der Waals surface area contributed by atoms with Gasteiger partial charge in [-0.15, -0.1) is 0 Å². The SMILES string of the molecule is CNCC(N)CCCN.Cn1c(C=O)cc2ccc(-c3ccc(F)cc3)cc21. The van der Waals surface area contributed by atoms with Crippen LogP contribution in [0.25, 0.3) is 22.0 Å². The van der Waals surface area contributed by atoms with Gasteiger partial charge in [-0.1, -0.05) is 24.3 Å². The Kier molecular flexibility index (Phi) is 8.32. The average Bonchev–Trinajstić information content (AvgIpc) is 3.03. The molecule has 0 spiro atoms. The number of carbonyl (C=O) groups excluding carboxylic acids is 1. The van der Waals surface area contributed by atoms with Gasteiger partial charge in [-0.05, 0) is 61.8 Å². The lowest BCUT2D eigenvalue weighted by atomic mass is 10.0. The van der Waals surface area contributed by atoms with Gasteiger partial charge in [-0.25, -0.2) is 4.39 Å². The summed E-state index contributed by atoms with van der Waals surface area (Å²) in [5.41, 5.74) is 14.5. The van der Waals surface area contributed by atoms with E-state index in [1.54, 1.807) is 12.1 Å².